The second-order valence-corrected chi connectivity index (χ2v) is 4.70. The summed E-state index contributed by atoms with van der Waals surface area (Å²) < 4.78 is 5.51. The lowest BCUT2D eigenvalue weighted by Crippen LogP contribution is -2.36. The Balaban J connectivity index is 2.12. The van der Waals surface area contributed by atoms with Crippen molar-refractivity contribution in [1.82, 2.24) is 9.88 Å². The highest BCUT2D eigenvalue weighted by Gasteiger charge is 2.21. The summed E-state index contributed by atoms with van der Waals surface area (Å²) in [6.45, 7) is 3.83. The van der Waals surface area contributed by atoms with Crippen molar-refractivity contribution in [2.24, 2.45) is 10.9 Å². The number of aromatic nitrogens is 1. The fraction of sp³-hybridized carbons (Fsp3) is 0.462. The summed E-state index contributed by atoms with van der Waals surface area (Å²) in [6, 6.07) is 3.18. The molecular weight excluding hydrogens is 260 g/mol. The van der Waals surface area contributed by atoms with Gasteiger partial charge in [0.25, 0.3) is 5.91 Å². The maximum Gasteiger partial charge on any atom is 0.272 e. The summed E-state index contributed by atoms with van der Waals surface area (Å²) in [5.74, 6) is -0.165. The van der Waals surface area contributed by atoms with Crippen molar-refractivity contribution in [2.45, 2.75) is 19.4 Å². The molecule has 3 N–H and O–H groups in total. The van der Waals surface area contributed by atoms with E-state index in [2.05, 4.69) is 10.1 Å². The number of hydrogen-bond donors (Lipinski definition) is 2. The molecule has 0 radical (unpaired) electrons. The molecule has 0 bridgehead atoms. The quantitative estimate of drug-likeness (QED) is 0.353. The average Bonchev–Trinajstić information content (AvgIpc) is 2.70. The first-order valence-corrected chi connectivity index (χ1v) is 6.46. The average molecular weight is 278 g/mol. The number of nitrogens with two attached hydrogens (primary N) is 1. The molecule has 1 aromatic heterocycles. The van der Waals surface area contributed by atoms with Crippen molar-refractivity contribution in [3.63, 3.8) is 0 Å². The highest BCUT2D eigenvalue weighted by molar-refractivity contribution is 5.98. The highest BCUT2D eigenvalue weighted by atomic mass is 16.5. The third-order valence-corrected chi connectivity index (χ3v) is 3.13. The SMILES string of the molecule is CC1CN(C(=O)c2ccc(C(N)=NO)cn2)CCCO1. The molecule has 2 rings (SSSR count). The summed E-state index contributed by atoms with van der Waals surface area (Å²) in [5.41, 5.74) is 6.26. The van der Waals surface area contributed by atoms with Crippen molar-refractivity contribution in [2.75, 3.05) is 19.7 Å². The third-order valence-electron chi connectivity index (χ3n) is 3.13. The fourth-order valence-electron chi connectivity index (χ4n) is 2.07. The maximum atomic E-state index is 12.3. The second kappa shape index (κ2) is 6.33. The normalized spacial score (nSPS) is 20.6. The number of hydrogen-bond acceptors (Lipinski definition) is 5. The Bertz CT molecular complexity index is 501. The summed E-state index contributed by atoms with van der Waals surface area (Å²) in [6.07, 6.45) is 2.26. The van der Waals surface area contributed by atoms with Crippen LogP contribution in [-0.4, -0.2) is 52.6 Å². The van der Waals surface area contributed by atoms with Gasteiger partial charge in [0.2, 0.25) is 0 Å². The van der Waals surface area contributed by atoms with Gasteiger partial charge >= 0.3 is 0 Å². The minimum Gasteiger partial charge on any atom is -0.409 e. The largest absolute Gasteiger partial charge is 0.409 e. The molecule has 1 aromatic rings. The number of pyridine rings is 1. The Labute approximate surface area is 117 Å². The van der Waals surface area contributed by atoms with E-state index in [9.17, 15) is 4.79 Å². The van der Waals surface area contributed by atoms with Crippen molar-refractivity contribution in [1.29, 1.82) is 0 Å². The van der Waals surface area contributed by atoms with E-state index in [4.69, 9.17) is 15.7 Å². The lowest BCUT2D eigenvalue weighted by Gasteiger charge is -2.21. The zero-order valence-corrected chi connectivity index (χ0v) is 11.3. The van der Waals surface area contributed by atoms with Crippen LogP contribution in [0.2, 0.25) is 0 Å². The van der Waals surface area contributed by atoms with Crippen LogP contribution in [0.5, 0.6) is 0 Å². The molecule has 0 spiro atoms. The summed E-state index contributed by atoms with van der Waals surface area (Å²) in [5, 5.41) is 11.5. The van der Waals surface area contributed by atoms with Gasteiger partial charge in [-0.1, -0.05) is 5.16 Å². The lowest BCUT2D eigenvalue weighted by atomic mass is 10.2. The third kappa shape index (κ3) is 3.24. The van der Waals surface area contributed by atoms with Crippen molar-refractivity contribution in [3.8, 4) is 0 Å². The van der Waals surface area contributed by atoms with Crippen molar-refractivity contribution < 1.29 is 14.7 Å². The van der Waals surface area contributed by atoms with Gasteiger partial charge in [-0.25, -0.2) is 0 Å². The van der Waals surface area contributed by atoms with E-state index in [0.29, 0.717) is 31.0 Å². The van der Waals surface area contributed by atoms with E-state index < -0.39 is 0 Å². The van der Waals surface area contributed by atoms with E-state index in [1.807, 2.05) is 6.92 Å². The number of amidine groups is 1. The smallest absolute Gasteiger partial charge is 0.272 e. The topological polar surface area (TPSA) is 101 Å². The minimum atomic E-state index is -0.131. The van der Waals surface area contributed by atoms with Crippen LogP contribution in [-0.2, 0) is 4.74 Å². The van der Waals surface area contributed by atoms with E-state index in [0.717, 1.165) is 6.42 Å². The van der Waals surface area contributed by atoms with Gasteiger partial charge in [0.05, 0.1) is 6.10 Å². The minimum absolute atomic E-state index is 0.0258. The molecule has 0 saturated carbocycles. The van der Waals surface area contributed by atoms with Gasteiger partial charge < -0.3 is 20.6 Å². The molecule has 1 aliphatic heterocycles. The first-order valence-electron chi connectivity index (χ1n) is 6.46. The maximum absolute atomic E-state index is 12.3. The van der Waals surface area contributed by atoms with Gasteiger partial charge in [-0.2, -0.15) is 0 Å². The number of rotatable bonds is 2. The van der Waals surface area contributed by atoms with Crippen molar-refractivity contribution in [3.05, 3.63) is 29.6 Å². The van der Waals surface area contributed by atoms with Crippen molar-refractivity contribution >= 4 is 11.7 Å². The van der Waals surface area contributed by atoms with Gasteiger partial charge in [-0.3, -0.25) is 9.78 Å². The number of carbonyl (C=O) groups is 1. The first kappa shape index (κ1) is 14.3. The monoisotopic (exact) mass is 278 g/mol. The van der Waals surface area contributed by atoms with Crippen LogP contribution < -0.4 is 5.73 Å². The number of nitrogens with zero attached hydrogens (tertiary/aromatic N) is 3. The second-order valence-electron chi connectivity index (χ2n) is 4.70. The molecule has 1 amide bonds. The molecule has 1 fully saturated rings. The Morgan fingerprint density at radius 2 is 2.40 bits per heavy atom. The Morgan fingerprint density at radius 1 is 1.60 bits per heavy atom. The van der Waals surface area contributed by atoms with Crippen LogP contribution >= 0.6 is 0 Å². The molecule has 7 nitrogen and oxygen atoms in total. The van der Waals surface area contributed by atoms with E-state index in [1.165, 1.54) is 6.20 Å². The number of amides is 1. The van der Waals surface area contributed by atoms with E-state index in [-0.39, 0.29) is 17.8 Å². The summed E-state index contributed by atoms with van der Waals surface area (Å²) in [4.78, 5) is 18.2. The number of ether oxygens (including phenoxy) is 1. The standard InChI is InChI=1S/C13H18N4O3/c1-9-8-17(5-2-6-20-9)13(18)11-4-3-10(7-15-11)12(14)16-19/h3-4,7,9,19H,2,5-6,8H2,1H3,(H2,14,16). The highest BCUT2D eigenvalue weighted by Crippen LogP contribution is 2.10. The Hall–Kier alpha value is -2.15. The molecule has 2 heterocycles. The predicted molar refractivity (Wildman–Crippen MR) is 72.7 cm³/mol. The van der Waals surface area contributed by atoms with Crippen LogP contribution in [0.4, 0.5) is 0 Å². The van der Waals surface area contributed by atoms with Crippen LogP contribution in [0.1, 0.15) is 29.4 Å². The molecule has 0 aliphatic carbocycles. The summed E-state index contributed by atoms with van der Waals surface area (Å²) >= 11 is 0. The van der Waals surface area contributed by atoms with Gasteiger partial charge in [0, 0.05) is 31.5 Å². The Kier molecular flexibility index (Phi) is 4.52. The van der Waals surface area contributed by atoms with Gasteiger partial charge in [0.1, 0.15) is 5.69 Å². The molecule has 7 heteroatoms. The zero-order valence-electron chi connectivity index (χ0n) is 11.3. The first-order chi connectivity index (χ1) is 9.61. The van der Waals surface area contributed by atoms with Gasteiger partial charge in [0.15, 0.2) is 5.84 Å². The van der Waals surface area contributed by atoms with Gasteiger partial charge in [-0.05, 0) is 25.5 Å². The fourth-order valence-corrected chi connectivity index (χ4v) is 2.07. The molecule has 1 aliphatic rings. The van der Waals surface area contributed by atoms with Crippen LogP contribution in [0.25, 0.3) is 0 Å². The molecule has 108 valence electrons. The Morgan fingerprint density at radius 3 is 3.05 bits per heavy atom. The molecular formula is C13H18N4O3. The van der Waals surface area contributed by atoms with Crippen LogP contribution in [0.15, 0.2) is 23.5 Å². The zero-order chi connectivity index (χ0) is 14.5. The number of oxime groups is 1. The lowest BCUT2D eigenvalue weighted by molar-refractivity contribution is 0.0559. The predicted octanol–water partition coefficient (Wildman–Crippen LogP) is 0.427. The molecule has 1 atom stereocenters. The van der Waals surface area contributed by atoms with E-state index >= 15 is 0 Å². The van der Waals surface area contributed by atoms with Crippen LogP contribution in [0.3, 0.4) is 0 Å². The summed E-state index contributed by atoms with van der Waals surface area (Å²) in [7, 11) is 0. The molecule has 0 aromatic carbocycles. The molecule has 1 saturated heterocycles. The van der Waals surface area contributed by atoms with Gasteiger partial charge in [-0.15, -0.1) is 0 Å². The van der Waals surface area contributed by atoms with E-state index in [1.54, 1.807) is 17.0 Å². The number of carbonyl (C=O) groups excluding carboxylic acids is 1. The molecule has 20 heavy (non-hydrogen) atoms. The molecule has 1 unspecified atom stereocenters. The van der Waals surface area contributed by atoms with Crippen LogP contribution in [0, 0.1) is 0 Å².